The third-order valence-electron chi connectivity index (χ3n) is 4.03. The minimum absolute atomic E-state index is 0.169. The molecule has 0 amide bonds. The Labute approximate surface area is 168 Å². The summed E-state index contributed by atoms with van der Waals surface area (Å²) in [6, 6.07) is 12.5. The molecule has 0 aliphatic heterocycles. The molecule has 0 saturated heterocycles. The summed E-state index contributed by atoms with van der Waals surface area (Å²) in [5.41, 5.74) is 1.51. The van der Waals surface area contributed by atoms with E-state index in [2.05, 4.69) is 19.4 Å². The van der Waals surface area contributed by atoms with E-state index in [1.807, 2.05) is 0 Å². The smallest absolute Gasteiger partial charge is 0.404 e. The maximum absolute atomic E-state index is 12.6. The normalized spacial score (nSPS) is 12.1. The third kappa shape index (κ3) is 4.20. The minimum Gasteiger partial charge on any atom is -0.404 e. The summed E-state index contributed by atoms with van der Waals surface area (Å²) < 4.78 is 70.7. The van der Waals surface area contributed by atoms with Gasteiger partial charge in [-0.1, -0.05) is 24.3 Å². The summed E-state index contributed by atoms with van der Waals surface area (Å²) in [7, 11) is -4.32. The maximum atomic E-state index is 12.6. The quantitative estimate of drug-likeness (QED) is 0.511. The number of benzene rings is 2. The zero-order valence-corrected chi connectivity index (χ0v) is 15.9. The lowest BCUT2D eigenvalue weighted by Gasteiger charge is -2.14. The summed E-state index contributed by atoms with van der Waals surface area (Å²) >= 11 is 0. The van der Waals surface area contributed by atoms with Gasteiger partial charge in [-0.15, -0.1) is 13.2 Å². The number of imidazole rings is 1. The minimum atomic E-state index is -5.02. The fourth-order valence-electron chi connectivity index (χ4n) is 2.77. The van der Waals surface area contributed by atoms with Gasteiger partial charge in [-0.3, -0.25) is 9.12 Å². The monoisotopic (exact) mass is 434 g/mol. The van der Waals surface area contributed by atoms with Gasteiger partial charge in [0.15, 0.2) is 0 Å². The van der Waals surface area contributed by atoms with E-state index >= 15 is 0 Å². The zero-order chi connectivity index (χ0) is 21.4. The highest BCUT2D eigenvalue weighted by atomic mass is 32.2. The number of nitrogens with zero attached hydrogens (tertiary/aromatic N) is 3. The lowest BCUT2D eigenvalue weighted by Crippen LogP contribution is -2.20. The predicted octanol–water partition coefficient (Wildman–Crippen LogP) is 4.10. The first kappa shape index (κ1) is 19.7. The number of ether oxygens (including phenoxy) is 1. The van der Waals surface area contributed by atoms with Crippen molar-refractivity contribution in [2.45, 2.75) is 11.3 Å². The standard InChI is InChI=1S/C19H13F3N4O3S/c20-19(21,22)29-16-4-1-2-5-17(16)30(27,28)25-14-8-6-13(7-9-14)15-12-26-11-3-10-23-18(26)24-15/h1-12,25H. The van der Waals surface area contributed by atoms with Crippen LogP contribution < -0.4 is 9.46 Å². The van der Waals surface area contributed by atoms with Crippen molar-refractivity contribution in [2.75, 3.05) is 4.72 Å². The van der Waals surface area contributed by atoms with E-state index in [9.17, 15) is 21.6 Å². The molecule has 0 aliphatic carbocycles. The summed E-state index contributed by atoms with van der Waals surface area (Å²) in [5.74, 6) is -0.301. The van der Waals surface area contributed by atoms with Gasteiger partial charge in [0.1, 0.15) is 10.6 Å². The van der Waals surface area contributed by atoms with Crippen LogP contribution in [0.4, 0.5) is 18.9 Å². The number of nitrogens with one attached hydrogen (secondary N) is 1. The first-order chi connectivity index (χ1) is 14.2. The first-order valence-electron chi connectivity index (χ1n) is 8.49. The van der Waals surface area contributed by atoms with Gasteiger partial charge in [0, 0.05) is 29.8 Å². The number of sulfonamides is 1. The van der Waals surface area contributed by atoms with Crippen LogP contribution in [-0.4, -0.2) is 29.1 Å². The summed E-state index contributed by atoms with van der Waals surface area (Å²) in [6.07, 6.45) is 0.161. The van der Waals surface area contributed by atoms with E-state index in [0.717, 1.165) is 12.1 Å². The molecule has 0 aliphatic rings. The van der Waals surface area contributed by atoms with Crippen molar-refractivity contribution < 1.29 is 26.3 Å². The molecule has 1 N–H and O–H groups in total. The number of halogens is 3. The number of alkyl halides is 3. The van der Waals surface area contributed by atoms with Crippen molar-refractivity contribution in [1.29, 1.82) is 0 Å². The molecule has 30 heavy (non-hydrogen) atoms. The van der Waals surface area contributed by atoms with Gasteiger partial charge in [0.25, 0.3) is 10.0 Å². The van der Waals surface area contributed by atoms with E-state index in [4.69, 9.17) is 0 Å². The Bertz CT molecular complexity index is 1270. The summed E-state index contributed by atoms with van der Waals surface area (Å²) in [5, 5.41) is 0. The van der Waals surface area contributed by atoms with E-state index in [0.29, 0.717) is 17.0 Å². The summed E-state index contributed by atoms with van der Waals surface area (Å²) in [4.78, 5) is 7.87. The van der Waals surface area contributed by atoms with Crippen LogP contribution in [0.25, 0.3) is 17.0 Å². The highest BCUT2D eigenvalue weighted by Crippen LogP contribution is 2.31. The van der Waals surface area contributed by atoms with Crippen molar-refractivity contribution >= 4 is 21.5 Å². The molecule has 2 aromatic heterocycles. The van der Waals surface area contributed by atoms with Gasteiger partial charge in [0.05, 0.1) is 5.69 Å². The summed E-state index contributed by atoms with van der Waals surface area (Å²) in [6.45, 7) is 0. The van der Waals surface area contributed by atoms with Crippen molar-refractivity contribution in [3.8, 4) is 17.0 Å². The van der Waals surface area contributed by atoms with E-state index in [1.54, 1.807) is 41.2 Å². The van der Waals surface area contributed by atoms with Gasteiger partial charge < -0.3 is 4.74 Å². The van der Waals surface area contributed by atoms with Crippen LogP contribution in [0.2, 0.25) is 0 Å². The van der Waals surface area contributed by atoms with E-state index in [-0.39, 0.29) is 5.69 Å². The molecule has 2 aromatic carbocycles. The SMILES string of the molecule is O=S(=O)(Nc1ccc(-c2cn3cccnc3n2)cc1)c1ccccc1OC(F)(F)F. The molecule has 4 rings (SSSR count). The second kappa shape index (κ2) is 7.34. The second-order valence-electron chi connectivity index (χ2n) is 6.13. The molecule has 0 bridgehead atoms. The van der Waals surface area contributed by atoms with Crippen LogP contribution in [0.1, 0.15) is 0 Å². The van der Waals surface area contributed by atoms with Gasteiger partial charge in [0.2, 0.25) is 5.78 Å². The van der Waals surface area contributed by atoms with Gasteiger partial charge in [-0.2, -0.15) is 0 Å². The number of rotatable bonds is 5. The molecule has 0 spiro atoms. The second-order valence-corrected chi connectivity index (χ2v) is 7.78. The molecule has 7 nitrogen and oxygen atoms in total. The average Bonchev–Trinajstić information content (AvgIpc) is 3.11. The first-order valence-corrected chi connectivity index (χ1v) is 9.97. The number of para-hydroxylation sites is 1. The molecule has 0 unspecified atom stereocenters. The van der Waals surface area contributed by atoms with Crippen molar-refractivity contribution in [2.24, 2.45) is 0 Å². The van der Waals surface area contributed by atoms with Crippen LogP contribution in [0.3, 0.4) is 0 Å². The van der Waals surface area contributed by atoms with Gasteiger partial charge in [-0.25, -0.2) is 18.4 Å². The molecule has 0 fully saturated rings. The molecule has 0 radical (unpaired) electrons. The van der Waals surface area contributed by atoms with Crippen molar-refractivity contribution in [3.05, 3.63) is 73.2 Å². The average molecular weight is 434 g/mol. The molecule has 4 aromatic rings. The number of fused-ring (bicyclic) bond motifs is 1. The Morgan fingerprint density at radius 1 is 1.00 bits per heavy atom. The molecular formula is C19H13F3N4O3S. The Kier molecular flexibility index (Phi) is 4.82. The lowest BCUT2D eigenvalue weighted by molar-refractivity contribution is -0.275. The third-order valence-corrected chi connectivity index (χ3v) is 5.45. The number of aromatic nitrogens is 3. The van der Waals surface area contributed by atoms with E-state index < -0.39 is 27.0 Å². The van der Waals surface area contributed by atoms with Crippen LogP contribution in [0.15, 0.2) is 78.1 Å². The molecule has 154 valence electrons. The van der Waals surface area contributed by atoms with Crippen LogP contribution >= 0.6 is 0 Å². The van der Waals surface area contributed by atoms with Gasteiger partial charge >= 0.3 is 6.36 Å². The Morgan fingerprint density at radius 3 is 2.43 bits per heavy atom. The zero-order valence-electron chi connectivity index (χ0n) is 15.0. The van der Waals surface area contributed by atoms with Crippen molar-refractivity contribution in [1.82, 2.24) is 14.4 Å². The molecule has 11 heteroatoms. The number of anilines is 1. The highest BCUT2D eigenvalue weighted by molar-refractivity contribution is 7.92. The topological polar surface area (TPSA) is 85.6 Å². The van der Waals surface area contributed by atoms with Crippen LogP contribution in [-0.2, 0) is 10.0 Å². The number of hydrogen-bond donors (Lipinski definition) is 1. The molecule has 2 heterocycles. The Hall–Kier alpha value is -3.60. The highest BCUT2D eigenvalue weighted by Gasteiger charge is 2.34. The molecule has 0 saturated carbocycles. The lowest BCUT2D eigenvalue weighted by atomic mass is 10.1. The Morgan fingerprint density at radius 2 is 1.73 bits per heavy atom. The Balaban J connectivity index is 1.59. The molecular weight excluding hydrogens is 421 g/mol. The largest absolute Gasteiger partial charge is 0.573 e. The van der Waals surface area contributed by atoms with Crippen LogP contribution in [0.5, 0.6) is 5.75 Å². The molecule has 0 atom stereocenters. The number of hydrogen-bond acceptors (Lipinski definition) is 5. The van der Waals surface area contributed by atoms with Crippen molar-refractivity contribution in [3.63, 3.8) is 0 Å². The maximum Gasteiger partial charge on any atom is 0.573 e. The fraction of sp³-hybridized carbons (Fsp3) is 0.0526. The van der Waals surface area contributed by atoms with Crippen LogP contribution in [0, 0.1) is 0 Å². The fourth-order valence-corrected chi connectivity index (χ4v) is 3.96. The van der Waals surface area contributed by atoms with E-state index in [1.165, 1.54) is 24.3 Å². The van der Waals surface area contributed by atoms with Gasteiger partial charge in [-0.05, 0) is 30.3 Å². The predicted molar refractivity (Wildman–Crippen MR) is 102 cm³/mol.